The smallest absolute Gasteiger partial charge is 0.163 e. The first kappa shape index (κ1) is 15.6. The minimum absolute atomic E-state index is 0.341. The third kappa shape index (κ3) is 3.13. The zero-order valence-electron chi connectivity index (χ0n) is 12.9. The normalized spacial score (nSPS) is 12.5. The van der Waals surface area contributed by atoms with Gasteiger partial charge >= 0.3 is 0 Å². The van der Waals surface area contributed by atoms with E-state index in [1.807, 2.05) is 27.7 Å². The fourth-order valence-electron chi connectivity index (χ4n) is 2.96. The standard InChI is InChI=1S/C18H21F2N/c1-5-21-18(14-7-6-8-15(19)17(14)20)16-12(3)9-11(2)10-13(16)4/h6-10,18,21H,5H2,1-4H3. The van der Waals surface area contributed by atoms with Gasteiger partial charge in [0.25, 0.3) is 0 Å². The Morgan fingerprint density at radius 3 is 2.24 bits per heavy atom. The molecule has 3 heteroatoms. The number of hydrogen-bond donors (Lipinski definition) is 1. The van der Waals surface area contributed by atoms with Crippen LogP contribution in [-0.4, -0.2) is 6.54 Å². The van der Waals surface area contributed by atoms with Gasteiger partial charge in [0.2, 0.25) is 0 Å². The molecule has 0 fully saturated rings. The van der Waals surface area contributed by atoms with Gasteiger partial charge in [-0.05, 0) is 50.1 Å². The molecule has 0 aromatic heterocycles. The lowest BCUT2D eigenvalue weighted by atomic mass is 9.89. The lowest BCUT2D eigenvalue weighted by Gasteiger charge is -2.24. The zero-order valence-corrected chi connectivity index (χ0v) is 12.9. The summed E-state index contributed by atoms with van der Waals surface area (Å²) in [6, 6.07) is 8.15. The van der Waals surface area contributed by atoms with E-state index in [-0.39, 0.29) is 6.04 Å². The lowest BCUT2D eigenvalue weighted by molar-refractivity contribution is 0.482. The van der Waals surface area contributed by atoms with E-state index in [4.69, 9.17) is 0 Å². The van der Waals surface area contributed by atoms with Crippen molar-refractivity contribution in [3.63, 3.8) is 0 Å². The number of rotatable bonds is 4. The molecule has 1 nitrogen and oxygen atoms in total. The number of aryl methyl sites for hydroxylation is 3. The predicted octanol–water partition coefficient (Wildman–Crippen LogP) is 4.59. The van der Waals surface area contributed by atoms with Crippen LogP contribution in [0.1, 0.15) is 40.8 Å². The molecule has 0 amide bonds. The van der Waals surface area contributed by atoms with E-state index in [2.05, 4.69) is 17.4 Å². The lowest BCUT2D eigenvalue weighted by Crippen LogP contribution is -2.25. The van der Waals surface area contributed by atoms with Crippen molar-refractivity contribution in [2.45, 2.75) is 33.7 Å². The molecular weight excluding hydrogens is 268 g/mol. The fourth-order valence-corrected chi connectivity index (χ4v) is 2.96. The van der Waals surface area contributed by atoms with Crippen LogP contribution in [0.5, 0.6) is 0 Å². The number of nitrogens with one attached hydrogen (secondary N) is 1. The summed E-state index contributed by atoms with van der Waals surface area (Å²) >= 11 is 0. The molecule has 2 aromatic rings. The molecule has 112 valence electrons. The zero-order chi connectivity index (χ0) is 15.6. The van der Waals surface area contributed by atoms with Gasteiger partial charge in [0, 0.05) is 5.56 Å². The van der Waals surface area contributed by atoms with Crippen molar-refractivity contribution < 1.29 is 8.78 Å². The number of benzene rings is 2. The molecule has 21 heavy (non-hydrogen) atoms. The van der Waals surface area contributed by atoms with Crippen LogP contribution >= 0.6 is 0 Å². The van der Waals surface area contributed by atoms with Crippen molar-refractivity contribution in [2.24, 2.45) is 0 Å². The van der Waals surface area contributed by atoms with Crippen LogP contribution in [0.4, 0.5) is 8.78 Å². The van der Waals surface area contributed by atoms with Crippen molar-refractivity contribution in [1.82, 2.24) is 5.32 Å². The molecule has 0 saturated carbocycles. The highest BCUT2D eigenvalue weighted by Gasteiger charge is 2.22. The van der Waals surface area contributed by atoms with Gasteiger partial charge in [-0.3, -0.25) is 0 Å². The fraction of sp³-hybridized carbons (Fsp3) is 0.333. The number of hydrogen-bond acceptors (Lipinski definition) is 1. The first-order valence-corrected chi connectivity index (χ1v) is 7.20. The van der Waals surface area contributed by atoms with Crippen LogP contribution in [0.25, 0.3) is 0 Å². The molecule has 0 aliphatic carbocycles. The second kappa shape index (κ2) is 6.35. The third-order valence-corrected chi connectivity index (χ3v) is 3.73. The van der Waals surface area contributed by atoms with Crippen LogP contribution in [0.15, 0.2) is 30.3 Å². The van der Waals surface area contributed by atoms with Crippen LogP contribution < -0.4 is 5.32 Å². The molecule has 1 unspecified atom stereocenters. The van der Waals surface area contributed by atoms with E-state index in [9.17, 15) is 8.78 Å². The summed E-state index contributed by atoms with van der Waals surface area (Å²) in [6.45, 7) is 8.69. The molecule has 0 radical (unpaired) electrons. The Hall–Kier alpha value is -1.74. The molecule has 0 heterocycles. The SMILES string of the molecule is CCNC(c1cccc(F)c1F)c1c(C)cc(C)cc1C. The summed E-state index contributed by atoms with van der Waals surface area (Å²) in [5, 5.41) is 3.28. The number of halogens is 2. The van der Waals surface area contributed by atoms with E-state index in [0.29, 0.717) is 12.1 Å². The van der Waals surface area contributed by atoms with Gasteiger partial charge in [-0.2, -0.15) is 0 Å². The quantitative estimate of drug-likeness (QED) is 0.868. The molecule has 0 aliphatic heterocycles. The molecular formula is C18H21F2N. The maximum atomic E-state index is 14.2. The van der Waals surface area contributed by atoms with Crippen LogP contribution in [-0.2, 0) is 0 Å². The predicted molar refractivity (Wildman–Crippen MR) is 82.5 cm³/mol. The van der Waals surface area contributed by atoms with Crippen molar-refractivity contribution in [1.29, 1.82) is 0 Å². The maximum Gasteiger partial charge on any atom is 0.163 e. The van der Waals surface area contributed by atoms with Crippen molar-refractivity contribution in [3.8, 4) is 0 Å². The molecule has 1 N–H and O–H groups in total. The first-order chi connectivity index (χ1) is 9.95. The average Bonchev–Trinajstić information content (AvgIpc) is 2.40. The molecule has 2 aromatic carbocycles. The van der Waals surface area contributed by atoms with Gasteiger partial charge in [-0.15, -0.1) is 0 Å². The van der Waals surface area contributed by atoms with E-state index in [0.717, 1.165) is 22.8 Å². The monoisotopic (exact) mass is 289 g/mol. The van der Waals surface area contributed by atoms with Gasteiger partial charge in [-0.1, -0.05) is 36.8 Å². The first-order valence-electron chi connectivity index (χ1n) is 7.20. The average molecular weight is 289 g/mol. The minimum atomic E-state index is -0.808. The van der Waals surface area contributed by atoms with Crippen molar-refractivity contribution in [3.05, 3.63) is 69.8 Å². The second-order valence-electron chi connectivity index (χ2n) is 5.45. The topological polar surface area (TPSA) is 12.0 Å². The van der Waals surface area contributed by atoms with E-state index in [1.165, 1.54) is 5.56 Å². The van der Waals surface area contributed by atoms with Crippen molar-refractivity contribution >= 4 is 0 Å². The third-order valence-electron chi connectivity index (χ3n) is 3.73. The van der Waals surface area contributed by atoms with Gasteiger partial charge in [0.1, 0.15) is 0 Å². The second-order valence-corrected chi connectivity index (χ2v) is 5.45. The Morgan fingerprint density at radius 2 is 1.67 bits per heavy atom. The molecule has 0 aliphatic rings. The molecule has 2 rings (SSSR count). The summed E-state index contributed by atoms with van der Waals surface area (Å²) in [4.78, 5) is 0. The highest BCUT2D eigenvalue weighted by Crippen LogP contribution is 2.31. The van der Waals surface area contributed by atoms with Gasteiger partial charge in [-0.25, -0.2) is 8.78 Å². The Kier molecular flexibility index (Phi) is 4.73. The van der Waals surface area contributed by atoms with Gasteiger partial charge in [0.05, 0.1) is 6.04 Å². The maximum absolute atomic E-state index is 14.2. The molecule has 0 saturated heterocycles. The molecule has 0 bridgehead atoms. The summed E-state index contributed by atoms with van der Waals surface area (Å²) in [6.07, 6.45) is 0. The largest absolute Gasteiger partial charge is 0.306 e. The highest BCUT2D eigenvalue weighted by molar-refractivity contribution is 5.44. The van der Waals surface area contributed by atoms with Crippen molar-refractivity contribution in [2.75, 3.05) is 6.54 Å². The Balaban J connectivity index is 2.62. The summed E-state index contributed by atoms with van der Waals surface area (Å²) in [5.41, 5.74) is 4.71. The molecule has 1 atom stereocenters. The summed E-state index contributed by atoms with van der Waals surface area (Å²) in [7, 11) is 0. The Bertz CT molecular complexity index is 627. The van der Waals surface area contributed by atoms with Crippen LogP contribution in [0.2, 0.25) is 0 Å². The highest BCUT2D eigenvalue weighted by atomic mass is 19.2. The Labute approximate surface area is 125 Å². The van der Waals surface area contributed by atoms with E-state index >= 15 is 0 Å². The van der Waals surface area contributed by atoms with Gasteiger partial charge < -0.3 is 5.32 Å². The summed E-state index contributed by atoms with van der Waals surface area (Å²) < 4.78 is 27.7. The van der Waals surface area contributed by atoms with E-state index < -0.39 is 11.6 Å². The minimum Gasteiger partial charge on any atom is -0.306 e. The summed E-state index contributed by atoms with van der Waals surface area (Å²) in [5.74, 6) is -1.58. The van der Waals surface area contributed by atoms with E-state index in [1.54, 1.807) is 12.1 Å². The van der Waals surface area contributed by atoms with Gasteiger partial charge in [0.15, 0.2) is 11.6 Å². The van der Waals surface area contributed by atoms with Crippen LogP contribution in [0.3, 0.4) is 0 Å². The molecule has 0 spiro atoms. The Morgan fingerprint density at radius 1 is 1.05 bits per heavy atom. The van der Waals surface area contributed by atoms with Crippen LogP contribution in [0, 0.1) is 32.4 Å².